The molecule has 1 aliphatic rings. The van der Waals surface area contributed by atoms with Gasteiger partial charge in [-0.1, -0.05) is 152 Å². The molecule has 3 aromatic heterocycles. The highest BCUT2D eigenvalue weighted by atomic mass is 15.2. The Kier molecular flexibility index (Phi) is 6.08. The van der Waals surface area contributed by atoms with Crippen molar-refractivity contribution in [2.45, 2.75) is 6.04 Å². The average Bonchev–Trinajstić information content (AvgIpc) is 3.80. The van der Waals surface area contributed by atoms with Crippen LogP contribution < -0.4 is 5.32 Å². The molecule has 8 aromatic carbocycles. The van der Waals surface area contributed by atoms with Crippen LogP contribution in [0.25, 0.3) is 81.8 Å². The minimum absolute atomic E-state index is 0.0910. The summed E-state index contributed by atoms with van der Waals surface area (Å²) in [6, 6.07) is 66.0. The van der Waals surface area contributed by atoms with Gasteiger partial charge in [0.15, 0.2) is 0 Å². The Balaban J connectivity index is 1.08. The normalized spacial score (nSPS) is 14.4. The van der Waals surface area contributed by atoms with Crippen molar-refractivity contribution in [1.82, 2.24) is 14.3 Å². The van der Waals surface area contributed by atoms with Crippen LogP contribution >= 0.6 is 0 Å². The number of pyridine rings is 1. The Morgan fingerprint density at radius 2 is 1.07 bits per heavy atom. The lowest BCUT2D eigenvalue weighted by atomic mass is 9.93. The van der Waals surface area contributed by atoms with E-state index in [9.17, 15) is 0 Å². The molecule has 4 heterocycles. The largest absolute Gasteiger partial charge is 0.344 e. The molecule has 252 valence electrons. The SMILES string of the molecule is c1ccc2c(c1)N=C(n1c3ccccc3c3ccc4c(cc5c6ccccc6c6ccccc6n54)c31)NC2c1ccc(-c2cccc3ccccc23)cc1. The molecule has 0 aliphatic carbocycles. The van der Waals surface area contributed by atoms with Crippen LogP contribution in [-0.2, 0) is 0 Å². The van der Waals surface area contributed by atoms with Crippen molar-refractivity contribution in [1.29, 1.82) is 0 Å². The molecule has 0 radical (unpaired) electrons. The van der Waals surface area contributed by atoms with Crippen molar-refractivity contribution in [2.24, 2.45) is 4.99 Å². The number of fused-ring (bicyclic) bond motifs is 14. The number of aromatic nitrogens is 2. The van der Waals surface area contributed by atoms with Gasteiger partial charge >= 0.3 is 0 Å². The van der Waals surface area contributed by atoms with Crippen LogP contribution in [0.4, 0.5) is 5.69 Å². The third-order valence-corrected chi connectivity index (χ3v) is 11.6. The summed E-state index contributed by atoms with van der Waals surface area (Å²) in [6.45, 7) is 0. The van der Waals surface area contributed by atoms with E-state index < -0.39 is 0 Å². The van der Waals surface area contributed by atoms with Gasteiger partial charge in [-0.15, -0.1) is 0 Å². The van der Waals surface area contributed by atoms with Crippen molar-refractivity contribution in [3.05, 3.63) is 193 Å². The van der Waals surface area contributed by atoms with Gasteiger partial charge in [-0.3, -0.25) is 4.57 Å². The fraction of sp³-hybridized carbons (Fsp3) is 0.0200. The van der Waals surface area contributed by atoms with Crippen LogP contribution in [0.5, 0.6) is 0 Å². The molecule has 1 N–H and O–H groups in total. The summed E-state index contributed by atoms with van der Waals surface area (Å²) in [6.07, 6.45) is 0. The van der Waals surface area contributed by atoms with E-state index in [2.05, 4.69) is 196 Å². The molecule has 4 nitrogen and oxygen atoms in total. The van der Waals surface area contributed by atoms with Crippen LogP contribution in [-0.4, -0.2) is 14.9 Å². The number of hydrogen-bond acceptors (Lipinski definition) is 2. The number of nitrogens with zero attached hydrogens (tertiary/aromatic N) is 3. The van der Waals surface area contributed by atoms with Gasteiger partial charge in [0.2, 0.25) is 5.96 Å². The number of aliphatic imine (C=N–C) groups is 1. The maximum absolute atomic E-state index is 5.39. The second-order valence-electron chi connectivity index (χ2n) is 14.4. The lowest BCUT2D eigenvalue weighted by Crippen LogP contribution is -2.36. The van der Waals surface area contributed by atoms with Crippen molar-refractivity contribution in [3.8, 4) is 11.1 Å². The van der Waals surface area contributed by atoms with Gasteiger partial charge in [0.25, 0.3) is 0 Å². The zero-order chi connectivity index (χ0) is 35.3. The van der Waals surface area contributed by atoms with E-state index >= 15 is 0 Å². The smallest absolute Gasteiger partial charge is 0.209 e. The van der Waals surface area contributed by atoms with Crippen molar-refractivity contribution < 1.29 is 0 Å². The van der Waals surface area contributed by atoms with Crippen LogP contribution in [0.2, 0.25) is 0 Å². The van der Waals surface area contributed by atoms with E-state index in [0.717, 1.165) is 28.2 Å². The molecular formula is C50H32N4. The molecule has 0 amide bonds. The van der Waals surface area contributed by atoms with E-state index in [1.807, 2.05) is 0 Å². The Hall–Kier alpha value is -7.17. The van der Waals surface area contributed by atoms with Gasteiger partial charge in [0.1, 0.15) is 0 Å². The molecule has 0 fully saturated rings. The van der Waals surface area contributed by atoms with Crippen molar-refractivity contribution in [3.63, 3.8) is 0 Å². The molecule has 4 heteroatoms. The highest BCUT2D eigenvalue weighted by molar-refractivity contribution is 6.25. The Morgan fingerprint density at radius 3 is 1.91 bits per heavy atom. The summed E-state index contributed by atoms with van der Waals surface area (Å²) < 4.78 is 4.81. The predicted molar refractivity (Wildman–Crippen MR) is 226 cm³/mol. The first-order valence-electron chi connectivity index (χ1n) is 18.6. The zero-order valence-electron chi connectivity index (χ0n) is 29.2. The quantitative estimate of drug-likeness (QED) is 0.180. The summed E-state index contributed by atoms with van der Waals surface area (Å²) in [7, 11) is 0. The van der Waals surface area contributed by atoms with Crippen LogP contribution in [0.1, 0.15) is 17.2 Å². The molecule has 0 saturated carbocycles. The fourth-order valence-electron chi connectivity index (χ4n) is 9.15. The minimum atomic E-state index is -0.0910. The summed E-state index contributed by atoms with van der Waals surface area (Å²) in [5.41, 5.74) is 11.7. The van der Waals surface area contributed by atoms with Gasteiger partial charge < -0.3 is 9.72 Å². The number of benzene rings is 8. The second-order valence-corrected chi connectivity index (χ2v) is 14.4. The van der Waals surface area contributed by atoms with Crippen LogP contribution in [0, 0.1) is 0 Å². The first-order chi connectivity index (χ1) is 26.8. The molecule has 1 unspecified atom stereocenters. The van der Waals surface area contributed by atoms with E-state index in [1.165, 1.54) is 76.3 Å². The molecule has 12 rings (SSSR count). The van der Waals surface area contributed by atoms with Gasteiger partial charge in [0.05, 0.1) is 39.3 Å². The van der Waals surface area contributed by atoms with Gasteiger partial charge in [-0.25, -0.2) is 4.99 Å². The predicted octanol–water partition coefficient (Wildman–Crippen LogP) is 12.6. The van der Waals surface area contributed by atoms with Crippen molar-refractivity contribution >= 4 is 82.3 Å². The standard InChI is InChI=1S/C50H32N4/c1-2-14-34-31(12-1)13-11-20-35(34)32-24-26-33(27-25-32)48-41-19-5-8-21-43(41)51-50(52-48)54-45-23-10-7-18-39(45)40-28-29-46-42(49(40)54)30-47-38-17-4-3-15-36(38)37-16-6-9-22-44(37)53(46)47/h1-30,48H,(H,51,52). The third-order valence-electron chi connectivity index (χ3n) is 11.6. The molecule has 11 aromatic rings. The van der Waals surface area contributed by atoms with Gasteiger partial charge in [-0.05, 0) is 63.2 Å². The third kappa shape index (κ3) is 4.11. The number of nitrogens with one attached hydrogen (secondary N) is 1. The monoisotopic (exact) mass is 688 g/mol. The van der Waals surface area contributed by atoms with Gasteiger partial charge in [0, 0.05) is 32.5 Å². The summed E-state index contributed by atoms with van der Waals surface area (Å²) in [5, 5.41) is 13.9. The summed E-state index contributed by atoms with van der Waals surface area (Å²) in [4.78, 5) is 5.39. The molecule has 0 spiro atoms. The molecule has 0 bridgehead atoms. The molecule has 1 atom stereocenters. The zero-order valence-corrected chi connectivity index (χ0v) is 29.2. The van der Waals surface area contributed by atoms with Gasteiger partial charge in [-0.2, -0.15) is 0 Å². The highest BCUT2D eigenvalue weighted by Crippen LogP contribution is 2.42. The lowest BCUT2D eigenvalue weighted by molar-refractivity contribution is 0.731. The first-order valence-corrected chi connectivity index (χ1v) is 18.6. The molecule has 54 heavy (non-hydrogen) atoms. The van der Waals surface area contributed by atoms with E-state index in [-0.39, 0.29) is 6.04 Å². The molecule has 0 saturated heterocycles. The summed E-state index contributed by atoms with van der Waals surface area (Å²) >= 11 is 0. The maximum atomic E-state index is 5.39. The first kappa shape index (κ1) is 29.4. The second kappa shape index (κ2) is 11.2. The Labute approximate surface area is 310 Å². The Bertz CT molecular complexity index is 3360. The average molecular weight is 689 g/mol. The highest BCUT2D eigenvalue weighted by Gasteiger charge is 2.27. The Morgan fingerprint density at radius 1 is 0.444 bits per heavy atom. The van der Waals surface area contributed by atoms with E-state index in [1.54, 1.807) is 0 Å². The fourth-order valence-corrected chi connectivity index (χ4v) is 9.15. The van der Waals surface area contributed by atoms with E-state index in [4.69, 9.17) is 4.99 Å². The summed E-state index contributed by atoms with van der Waals surface area (Å²) in [5.74, 6) is 0.820. The molecule has 1 aliphatic heterocycles. The molecular weight excluding hydrogens is 657 g/mol. The van der Waals surface area contributed by atoms with Crippen LogP contribution in [0.3, 0.4) is 0 Å². The number of hydrogen-bond donors (Lipinski definition) is 1. The van der Waals surface area contributed by atoms with E-state index in [0.29, 0.717) is 0 Å². The maximum Gasteiger partial charge on any atom is 0.209 e. The topological polar surface area (TPSA) is 33.7 Å². The minimum Gasteiger partial charge on any atom is -0.344 e. The number of rotatable bonds is 2. The van der Waals surface area contributed by atoms with Crippen molar-refractivity contribution in [2.75, 3.05) is 0 Å². The lowest BCUT2D eigenvalue weighted by Gasteiger charge is -2.28. The van der Waals surface area contributed by atoms with Crippen LogP contribution in [0.15, 0.2) is 187 Å². The number of para-hydroxylation sites is 3.